The molecule has 0 fully saturated rings. The number of amides is 1. The first-order chi connectivity index (χ1) is 12.7. The highest BCUT2D eigenvalue weighted by Gasteiger charge is 2.16. The molecule has 132 valence electrons. The molecule has 4 aromatic heterocycles. The van der Waals surface area contributed by atoms with E-state index in [-0.39, 0.29) is 18.1 Å². The van der Waals surface area contributed by atoms with E-state index < -0.39 is 0 Å². The van der Waals surface area contributed by atoms with Crippen LogP contribution in [0.3, 0.4) is 0 Å². The molecule has 0 spiro atoms. The molecule has 0 aliphatic carbocycles. The zero-order valence-electron chi connectivity index (χ0n) is 13.7. The summed E-state index contributed by atoms with van der Waals surface area (Å²) < 4.78 is 12.1. The summed E-state index contributed by atoms with van der Waals surface area (Å²) in [6.07, 6.45) is 3.49. The van der Waals surface area contributed by atoms with Crippen LogP contribution in [0.15, 0.2) is 45.0 Å². The summed E-state index contributed by atoms with van der Waals surface area (Å²) in [4.78, 5) is 17.3. The Labute approximate surface area is 151 Å². The van der Waals surface area contributed by atoms with Crippen LogP contribution in [0.5, 0.6) is 0 Å². The van der Waals surface area contributed by atoms with Crippen LogP contribution in [0.4, 0.5) is 0 Å². The van der Waals surface area contributed by atoms with E-state index in [0.717, 1.165) is 17.0 Å². The van der Waals surface area contributed by atoms with Gasteiger partial charge in [0.15, 0.2) is 11.5 Å². The first-order valence-electron chi connectivity index (χ1n) is 7.87. The molecule has 0 radical (unpaired) electrons. The molecule has 0 aliphatic heterocycles. The van der Waals surface area contributed by atoms with Gasteiger partial charge in [0.2, 0.25) is 11.7 Å². The standard InChI is InChI=1S/C16H14N6O3S/c1-2-22-9-10(7-18-22)15-19-14(25-21-15)8-17-16(23)11-6-12(24-20-11)13-4-3-5-26-13/h3-7,9H,2,8H2,1H3,(H,17,23). The summed E-state index contributed by atoms with van der Waals surface area (Å²) in [5.74, 6) is 0.892. The fraction of sp³-hybridized carbons (Fsp3) is 0.188. The molecular formula is C16H14N6O3S. The van der Waals surface area contributed by atoms with Crippen LogP contribution in [0.1, 0.15) is 23.3 Å². The van der Waals surface area contributed by atoms with E-state index in [0.29, 0.717) is 17.5 Å². The van der Waals surface area contributed by atoms with E-state index in [1.807, 2.05) is 30.6 Å². The van der Waals surface area contributed by atoms with Crippen LogP contribution in [0.25, 0.3) is 22.0 Å². The number of nitrogens with one attached hydrogen (secondary N) is 1. The first kappa shape index (κ1) is 16.2. The van der Waals surface area contributed by atoms with Gasteiger partial charge in [0.05, 0.1) is 23.2 Å². The second-order valence-electron chi connectivity index (χ2n) is 5.33. The van der Waals surface area contributed by atoms with E-state index >= 15 is 0 Å². The number of carbonyl (C=O) groups excluding carboxylic acids is 1. The highest BCUT2D eigenvalue weighted by Crippen LogP contribution is 2.25. The zero-order valence-corrected chi connectivity index (χ0v) is 14.6. The number of thiophene rings is 1. The normalized spacial score (nSPS) is 11.0. The third-order valence-electron chi connectivity index (χ3n) is 3.59. The predicted molar refractivity (Wildman–Crippen MR) is 92.2 cm³/mol. The molecule has 4 rings (SSSR count). The monoisotopic (exact) mass is 370 g/mol. The first-order valence-corrected chi connectivity index (χ1v) is 8.75. The van der Waals surface area contributed by atoms with Crippen molar-refractivity contribution >= 4 is 17.2 Å². The summed E-state index contributed by atoms with van der Waals surface area (Å²) in [6.45, 7) is 2.84. The van der Waals surface area contributed by atoms with Crippen molar-refractivity contribution in [2.24, 2.45) is 0 Å². The highest BCUT2D eigenvalue weighted by molar-refractivity contribution is 7.13. The number of hydrogen-bond acceptors (Lipinski definition) is 8. The molecule has 26 heavy (non-hydrogen) atoms. The minimum atomic E-state index is -0.380. The van der Waals surface area contributed by atoms with Crippen molar-refractivity contribution in [1.82, 2.24) is 30.4 Å². The largest absolute Gasteiger partial charge is 0.355 e. The third-order valence-corrected chi connectivity index (χ3v) is 4.47. The maximum atomic E-state index is 12.2. The number of aromatic nitrogens is 5. The molecule has 4 aromatic rings. The van der Waals surface area contributed by atoms with Crippen molar-refractivity contribution in [2.75, 3.05) is 0 Å². The summed E-state index contributed by atoms with van der Waals surface area (Å²) in [5, 5.41) is 16.5. The lowest BCUT2D eigenvalue weighted by Gasteiger charge is -1.96. The van der Waals surface area contributed by atoms with Gasteiger partial charge in [0.25, 0.3) is 5.91 Å². The Hall–Kier alpha value is -3.27. The molecule has 0 saturated carbocycles. The summed E-state index contributed by atoms with van der Waals surface area (Å²) in [5.41, 5.74) is 0.947. The average molecular weight is 370 g/mol. The van der Waals surface area contributed by atoms with Crippen molar-refractivity contribution in [3.05, 3.63) is 47.6 Å². The Bertz CT molecular complexity index is 1020. The Balaban J connectivity index is 1.39. The summed E-state index contributed by atoms with van der Waals surface area (Å²) >= 11 is 1.51. The number of nitrogens with zero attached hydrogens (tertiary/aromatic N) is 5. The molecule has 0 aromatic carbocycles. The fourth-order valence-electron chi connectivity index (χ4n) is 2.26. The number of aryl methyl sites for hydroxylation is 1. The quantitative estimate of drug-likeness (QED) is 0.555. The van der Waals surface area contributed by atoms with Crippen molar-refractivity contribution in [1.29, 1.82) is 0 Å². The van der Waals surface area contributed by atoms with Gasteiger partial charge in [-0.1, -0.05) is 16.4 Å². The lowest BCUT2D eigenvalue weighted by atomic mass is 10.3. The molecule has 1 amide bonds. The lowest BCUT2D eigenvalue weighted by Crippen LogP contribution is -2.23. The molecule has 0 saturated heterocycles. The van der Waals surface area contributed by atoms with Crippen LogP contribution >= 0.6 is 11.3 Å². The zero-order chi connectivity index (χ0) is 17.9. The van der Waals surface area contributed by atoms with E-state index in [9.17, 15) is 4.79 Å². The Morgan fingerprint density at radius 3 is 3.04 bits per heavy atom. The highest BCUT2D eigenvalue weighted by atomic mass is 32.1. The SMILES string of the molecule is CCn1cc(-c2noc(CNC(=O)c3cc(-c4cccs4)on3)n2)cn1. The molecule has 9 nitrogen and oxygen atoms in total. The lowest BCUT2D eigenvalue weighted by molar-refractivity contribution is 0.0937. The predicted octanol–water partition coefficient (Wildman–Crippen LogP) is 2.60. The topological polar surface area (TPSA) is 112 Å². The molecule has 4 heterocycles. The number of rotatable bonds is 6. The smallest absolute Gasteiger partial charge is 0.273 e. The van der Waals surface area contributed by atoms with Gasteiger partial charge in [-0.05, 0) is 18.4 Å². The Morgan fingerprint density at radius 1 is 1.35 bits per heavy atom. The second-order valence-corrected chi connectivity index (χ2v) is 6.28. The van der Waals surface area contributed by atoms with Gasteiger partial charge in [0.1, 0.15) is 0 Å². The van der Waals surface area contributed by atoms with Crippen LogP contribution < -0.4 is 5.32 Å². The molecular weight excluding hydrogens is 356 g/mol. The van der Waals surface area contributed by atoms with E-state index in [2.05, 4.69) is 25.7 Å². The van der Waals surface area contributed by atoms with Crippen molar-refractivity contribution in [3.8, 4) is 22.0 Å². The van der Waals surface area contributed by atoms with E-state index in [1.165, 1.54) is 11.3 Å². The van der Waals surface area contributed by atoms with Gasteiger partial charge >= 0.3 is 0 Å². The summed E-state index contributed by atoms with van der Waals surface area (Å²) in [7, 11) is 0. The average Bonchev–Trinajstić information content (AvgIpc) is 3.45. The minimum absolute atomic E-state index is 0.0922. The van der Waals surface area contributed by atoms with Crippen LogP contribution in [0, 0.1) is 0 Å². The van der Waals surface area contributed by atoms with E-state index in [4.69, 9.17) is 9.05 Å². The second kappa shape index (κ2) is 6.92. The number of hydrogen-bond donors (Lipinski definition) is 1. The molecule has 0 unspecified atom stereocenters. The fourth-order valence-corrected chi connectivity index (χ4v) is 2.93. The van der Waals surface area contributed by atoms with Crippen LogP contribution in [-0.4, -0.2) is 31.0 Å². The molecule has 0 atom stereocenters. The Morgan fingerprint density at radius 2 is 2.27 bits per heavy atom. The third kappa shape index (κ3) is 3.26. The Kier molecular flexibility index (Phi) is 4.32. The van der Waals surface area contributed by atoms with Crippen LogP contribution in [-0.2, 0) is 13.1 Å². The van der Waals surface area contributed by atoms with Gasteiger partial charge in [-0.15, -0.1) is 11.3 Å². The van der Waals surface area contributed by atoms with E-state index in [1.54, 1.807) is 16.9 Å². The van der Waals surface area contributed by atoms with Crippen molar-refractivity contribution in [3.63, 3.8) is 0 Å². The van der Waals surface area contributed by atoms with Gasteiger partial charge in [0, 0.05) is 18.8 Å². The van der Waals surface area contributed by atoms with Gasteiger partial charge in [-0.25, -0.2) is 0 Å². The van der Waals surface area contributed by atoms with Crippen molar-refractivity contribution in [2.45, 2.75) is 20.0 Å². The molecule has 10 heteroatoms. The minimum Gasteiger partial charge on any atom is -0.355 e. The summed E-state index contributed by atoms with van der Waals surface area (Å²) in [6, 6.07) is 5.40. The van der Waals surface area contributed by atoms with Crippen LogP contribution in [0.2, 0.25) is 0 Å². The van der Waals surface area contributed by atoms with Crippen molar-refractivity contribution < 1.29 is 13.8 Å². The van der Waals surface area contributed by atoms with Gasteiger partial charge < -0.3 is 14.4 Å². The molecule has 0 aliphatic rings. The maximum Gasteiger partial charge on any atom is 0.273 e. The molecule has 1 N–H and O–H groups in total. The van der Waals surface area contributed by atoms with Gasteiger partial charge in [-0.3, -0.25) is 9.48 Å². The number of carbonyl (C=O) groups is 1. The molecule has 0 bridgehead atoms. The maximum absolute atomic E-state index is 12.2. The van der Waals surface area contributed by atoms with Gasteiger partial charge in [-0.2, -0.15) is 10.1 Å².